The number of aromatic nitrogens is 1. The Bertz CT molecular complexity index is 1170. The highest BCUT2D eigenvalue weighted by molar-refractivity contribution is 8.13. The van der Waals surface area contributed by atoms with Crippen LogP contribution in [-0.2, 0) is 0 Å². The number of thioether (sulfide) groups is 1. The van der Waals surface area contributed by atoms with Crippen LogP contribution in [0.2, 0.25) is 0 Å². The molecule has 1 aromatic heterocycles. The summed E-state index contributed by atoms with van der Waals surface area (Å²) in [7, 11) is 3.15. The van der Waals surface area contributed by atoms with Gasteiger partial charge in [0, 0.05) is 24.2 Å². The van der Waals surface area contributed by atoms with Gasteiger partial charge in [0.15, 0.2) is 11.5 Å². The molecule has 1 aliphatic heterocycles. The van der Waals surface area contributed by atoms with Gasteiger partial charge in [-0.2, -0.15) is 5.26 Å². The molecule has 0 aliphatic carbocycles. The number of nitrogens with zero attached hydrogens (tertiary/aromatic N) is 3. The number of pyridine rings is 1. The Hall–Kier alpha value is -3.50. The third-order valence-corrected chi connectivity index (χ3v) is 6.33. The fraction of sp³-hybridized carbons (Fsp3) is 0.240. The molecule has 162 valence electrons. The van der Waals surface area contributed by atoms with E-state index in [9.17, 15) is 10.1 Å². The van der Waals surface area contributed by atoms with Crippen molar-refractivity contribution in [2.24, 2.45) is 0 Å². The fourth-order valence-electron chi connectivity index (χ4n) is 3.74. The highest BCUT2D eigenvalue weighted by atomic mass is 32.2. The van der Waals surface area contributed by atoms with Gasteiger partial charge in [0.05, 0.1) is 25.5 Å². The summed E-state index contributed by atoms with van der Waals surface area (Å²) in [6, 6.07) is 19.4. The minimum absolute atomic E-state index is 0.0741. The molecule has 2 aromatic carbocycles. The topological polar surface area (TPSA) is 75.5 Å². The van der Waals surface area contributed by atoms with E-state index in [4.69, 9.17) is 14.5 Å². The van der Waals surface area contributed by atoms with E-state index in [-0.39, 0.29) is 5.24 Å². The summed E-state index contributed by atoms with van der Waals surface area (Å²) in [5.74, 6) is 1.17. The number of carbonyl (C=O) groups is 1. The first-order valence-electron chi connectivity index (χ1n) is 10.3. The highest BCUT2D eigenvalue weighted by Crippen LogP contribution is 2.38. The Kier molecular flexibility index (Phi) is 6.62. The maximum absolute atomic E-state index is 12.9. The van der Waals surface area contributed by atoms with Crippen LogP contribution in [0, 0.1) is 11.3 Å². The third-order valence-electron chi connectivity index (χ3n) is 5.41. The number of rotatable bonds is 5. The molecule has 4 rings (SSSR count). The molecule has 0 radical (unpaired) electrons. The monoisotopic (exact) mass is 445 g/mol. The third kappa shape index (κ3) is 4.41. The molecule has 0 bridgehead atoms. The molecule has 0 unspecified atom stereocenters. The number of hydrogen-bond acceptors (Lipinski definition) is 6. The van der Waals surface area contributed by atoms with Crippen LogP contribution in [0.1, 0.15) is 18.4 Å². The number of carbonyl (C=O) groups excluding carboxylic acids is 1. The molecule has 6 nitrogen and oxygen atoms in total. The molecule has 1 amide bonds. The maximum atomic E-state index is 12.9. The summed E-state index contributed by atoms with van der Waals surface area (Å²) >= 11 is 1.02. The summed E-state index contributed by atoms with van der Waals surface area (Å²) in [5.41, 5.74) is 3.46. The van der Waals surface area contributed by atoms with E-state index in [1.54, 1.807) is 20.3 Å². The smallest absolute Gasteiger partial charge is 0.287 e. The van der Waals surface area contributed by atoms with Gasteiger partial charge in [0.25, 0.3) is 5.24 Å². The van der Waals surface area contributed by atoms with E-state index >= 15 is 0 Å². The summed E-state index contributed by atoms with van der Waals surface area (Å²) in [5, 5.41) is 10.4. The van der Waals surface area contributed by atoms with E-state index in [1.807, 2.05) is 53.4 Å². The van der Waals surface area contributed by atoms with Crippen LogP contribution in [0.25, 0.3) is 22.4 Å². The van der Waals surface area contributed by atoms with E-state index in [0.29, 0.717) is 33.3 Å². The number of amides is 1. The van der Waals surface area contributed by atoms with Gasteiger partial charge >= 0.3 is 0 Å². The average molecular weight is 446 g/mol. The molecule has 32 heavy (non-hydrogen) atoms. The van der Waals surface area contributed by atoms with Gasteiger partial charge in [-0.1, -0.05) is 36.4 Å². The Balaban J connectivity index is 1.86. The number of benzene rings is 2. The van der Waals surface area contributed by atoms with Crippen molar-refractivity contribution in [3.05, 3.63) is 60.2 Å². The number of nitriles is 1. The van der Waals surface area contributed by atoms with Crippen molar-refractivity contribution >= 4 is 17.0 Å². The van der Waals surface area contributed by atoms with Crippen molar-refractivity contribution in [3.8, 4) is 40.0 Å². The largest absolute Gasteiger partial charge is 0.493 e. The predicted octanol–water partition coefficient (Wildman–Crippen LogP) is 5.61. The minimum Gasteiger partial charge on any atom is -0.493 e. The van der Waals surface area contributed by atoms with Crippen molar-refractivity contribution in [2.75, 3.05) is 27.3 Å². The zero-order valence-corrected chi connectivity index (χ0v) is 18.8. The second-order valence-corrected chi connectivity index (χ2v) is 8.28. The first kappa shape index (κ1) is 21.7. The zero-order chi connectivity index (χ0) is 22.5. The molecule has 2 heterocycles. The molecule has 3 aromatic rings. The van der Waals surface area contributed by atoms with Crippen LogP contribution in [0.15, 0.2) is 59.6 Å². The first-order valence-corrected chi connectivity index (χ1v) is 11.2. The van der Waals surface area contributed by atoms with Gasteiger partial charge < -0.3 is 14.4 Å². The molecule has 0 saturated carbocycles. The van der Waals surface area contributed by atoms with Crippen LogP contribution >= 0.6 is 11.8 Å². The Labute approximate surface area is 191 Å². The highest BCUT2D eigenvalue weighted by Gasteiger charge is 2.24. The lowest BCUT2D eigenvalue weighted by molar-refractivity contribution is 0.233. The van der Waals surface area contributed by atoms with Gasteiger partial charge in [0.2, 0.25) is 0 Å². The number of hydrogen-bond donors (Lipinski definition) is 0. The van der Waals surface area contributed by atoms with E-state index in [2.05, 4.69) is 6.07 Å². The van der Waals surface area contributed by atoms with E-state index in [1.165, 1.54) is 0 Å². The fourth-order valence-corrected chi connectivity index (χ4v) is 4.62. The summed E-state index contributed by atoms with van der Waals surface area (Å²) in [6.07, 6.45) is 2.01. The van der Waals surface area contributed by atoms with Gasteiger partial charge in [-0.3, -0.25) is 4.79 Å². The molecular weight excluding hydrogens is 422 g/mol. The molecular formula is C25H23N3O3S. The minimum atomic E-state index is -0.0741. The lowest BCUT2D eigenvalue weighted by atomic mass is 9.99. The Morgan fingerprint density at radius 2 is 1.72 bits per heavy atom. The van der Waals surface area contributed by atoms with Gasteiger partial charge in [-0.05, 0) is 48.4 Å². The molecule has 1 aliphatic rings. The van der Waals surface area contributed by atoms with Crippen LogP contribution in [0.3, 0.4) is 0 Å². The number of likely N-dealkylation sites (tertiary alicyclic amines) is 1. The van der Waals surface area contributed by atoms with Gasteiger partial charge in [-0.15, -0.1) is 0 Å². The SMILES string of the molecule is COc1ccc(-c2cc(-c3ccccc3)nc(SC(=O)N3CCCC3)c2C#N)cc1OC. The number of ether oxygens (including phenoxy) is 2. The van der Waals surface area contributed by atoms with Crippen molar-refractivity contribution < 1.29 is 14.3 Å². The normalized spacial score (nSPS) is 13.0. The molecule has 0 N–H and O–H groups in total. The summed E-state index contributed by atoms with van der Waals surface area (Å²) in [4.78, 5) is 19.4. The van der Waals surface area contributed by atoms with E-state index in [0.717, 1.165) is 48.8 Å². The maximum Gasteiger partial charge on any atom is 0.287 e. The number of methoxy groups -OCH3 is 2. The van der Waals surface area contributed by atoms with Crippen molar-refractivity contribution in [1.82, 2.24) is 9.88 Å². The first-order chi connectivity index (χ1) is 15.6. The summed E-state index contributed by atoms with van der Waals surface area (Å²) in [6.45, 7) is 1.49. The second-order valence-electron chi connectivity index (χ2n) is 7.34. The van der Waals surface area contributed by atoms with Crippen molar-refractivity contribution in [3.63, 3.8) is 0 Å². The van der Waals surface area contributed by atoms with E-state index < -0.39 is 0 Å². The zero-order valence-electron chi connectivity index (χ0n) is 18.0. The molecule has 0 atom stereocenters. The summed E-state index contributed by atoms with van der Waals surface area (Å²) < 4.78 is 10.8. The predicted molar refractivity (Wildman–Crippen MR) is 125 cm³/mol. The lowest BCUT2D eigenvalue weighted by Crippen LogP contribution is -2.23. The second kappa shape index (κ2) is 9.75. The molecule has 1 saturated heterocycles. The molecule has 1 fully saturated rings. The lowest BCUT2D eigenvalue weighted by Gasteiger charge is -2.17. The van der Waals surface area contributed by atoms with Crippen molar-refractivity contribution in [1.29, 1.82) is 5.26 Å². The van der Waals surface area contributed by atoms with Crippen LogP contribution in [0.5, 0.6) is 11.5 Å². The van der Waals surface area contributed by atoms with Crippen LogP contribution in [-0.4, -0.2) is 42.4 Å². The van der Waals surface area contributed by atoms with Crippen LogP contribution < -0.4 is 9.47 Å². The van der Waals surface area contributed by atoms with Crippen LogP contribution in [0.4, 0.5) is 4.79 Å². The van der Waals surface area contributed by atoms with Crippen molar-refractivity contribution in [2.45, 2.75) is 17.9 Å². The average Bonchev–Trinajstić information content (AvgIpc) is 3.39. The standard InChI is InChI=1S/C25H23N3O3S/c1-30-22-11-10-18(14-23(22)31-2)19-15-21(17-8-4-3-5-9-17)27-24(20(19)16-26)32-25(29)28-12-6-7-13-28/h3-5,8-11,14-15H,6-7,12-13H2,1-2H3. The Morgan fingerprint density at radius 3 is 2.38 bits per heavy atom. The molecule has 7 heteroatoms. The molecule has 0 spiro atoms. The quantitative estimate of drug-likeness (QED) is 0.475. The van der Waals surface area contributed by atoms with Gasteiger partial charge in [-0.25, -0.2) is 4.98 Å². The Morgan fingerprint density at radius 1 is 1.00 bits per heavy atom. The van der Waals surface area contributed by atoms with Gasteiger partial charge in [0.1, 0.15) is 11.1 Å².